The maximum atomic E-state index is 12.0. The van der Waals surface area contributed by atoms with E-state index in [4.69, 9.17) is 11.6 Å². The van der Waals surface area contributed by atoms with Crippen LogP contribution in [0.3, 0.4) is 0 Å². The minimum absolute atomic E-state index is 0.274. The molecule has 0 saturated carbocycles. The Morgan fingerprint density at radius 2 is 1.91 bits per heavy atom. The topological polar surface area (TPSA) is 47.2 Å². The van der Waals surface area contributed by atoms with Gasteiger partial charge in [-0.3, -0.25) is 13.9 Å². The molecule has 1 atom stereocenters. The van der Waals surface area contributed by atoms with E-state index in [0.717, 1.165) is 29.1 Å². The van der Waals surface area contributed by atoms with Crippen molar-refractivity contribution in [1.29, 1.82) is 0 Å². The fraction of sp³-hybridized carbons (Fsp3) is 0.375. The highest BCUT2D eigenvalue weighted by Crippen LogP contribution is 2.30. The summed E-state index contributed by atoms with van der Waals surface area (Å²) in [7, 11) is 3.19. The smallest absolute Gasteiger partial charge is 0.332 e. The van der Waals surface area contributed by atoms with Crippen LogP contribution in [-0.4, -0.2) is 22.2 Å². The predicted octanol–water partition coefficient (Wildman–Crippen LogP) is 1.73. The van der Waals surface area contributed by atoms with Gasteiger partial charge in [0.2, 0.25) is 0 Å². The Labute approximate surface area is 133 Å². The molecule has 2 aromatic rings. The van der Waals surface area contributed by atoms with Crippen molar-refractivity contribution < 1.29 is 0 Å². The highest BCUT2D eigenvalue weighted by atomic mass is 35.5. The van der Waals surface area contributed by atoms with E-state index in [9.17, 15) is 9.59 Å². The van der Waals surface area contributed by atoms with Gasteiger partial charge in [-0.1, -0.05) is 23.7 Å². The number of hydrogen-bond donors (Lipinski definition) is 0. The van der Waals surface area contributed by atoms with Crippen LogP contribution in [0.4, 0.5) is 5.82 Å². The second-order valence-electron chi connectivity index (χ2n) is 5.73. The number of aromatic nitrogens is 2. The maximum absolute atomic E-state index is 12.0. The summed E-state index contributed by atoms with van der Waals surface area (Å²) >= 11 is 6.06. The van der Waals surface area contributed by atoms with E-state index < -0.39 is 0 Å². The largest absolute Gasteiger partial charge is 0.357 e. The Hall–Kier alpha value is -2.01. The molecule has 0 radical (unpaired) electrons. The van der Waals surface area contributed by atoms with Crippen LogP contribution in [0.2, 0.25) is 5.02 Å². The SMILES string of the molecule is Cn1c(N2CCC(c3cccc(Cl)c3)C2)cc(=O)n(C)c1=O. The Morgan fingerprint density at radius 1 is 1.14 bits per heavy atom. The molecule has 5 nitrogen and oxygen atoms in total. The van der Waals surface area contributed by atoms with Crippen LogP contribution in [0.15, 0.2) is 39.9 Å². The summed E-state index contributed by atoms with van der Waals surface area (Å²) in [5.41, 5.74) is 0.627. The Morgan fingerprint density at radius 3 is 2.64 bits per heavy atom. The van der Waals surface area contributed by atoms with E-state index >= 15 is 0 Å². The molecule has 3 rings (SSSR count). The molecule has 0 bridgehead atoms. The van der Waals surface area contributed by atoms with Crippen LogP contribution in [-0.2, 0) is 14.1 Å². The van der Waals surface area contributed by atoms with Crippen LogP contribution in [0, 0.1) is 0 Å². The van der Waals surface area contributed by atoms with Gasteiger partial charge in [0.25, 0.3) is 5.56 Å². The Balaban J connectivity index is 1.90. The third kappa shape index (κ3) is 2.57. The zero-order valence-corrected chi connectivity index (χ0v) is 13.4. The first-order chi connectivity index (χ1) is 10.5. The van der Waals surface area contributed by atoms with Gasteiger partial charge < -0.3 is 4.90 Å². The van der Waals surface area contributed by atoms with Gasteiger partial charge in [-0.2, -0.15) is 0 Å². The fourth-order valence-electron chi connectivity index (χ4n) is 3.03. The van der Waals surface area contributed by atoms with Crippen LogP contribution in [0.5, 0.6) is 0 Å². The lowest BCUT2D eigenvalue weighted by atomic mass is 9.99. The van der Waals surface area contributed by atoms with Crippen LogP contribution < -0.4 is 16.1 Å². The minimum Gasteiger partial charge on any atom is -0.357 e. The van der Waals surface area contributed by atoms with Crippen molar-refractivity contribution in [3.05, 3.63) is 61.8 Å². The van der Waals surface area contributed by atoms with Crippen molar-refractivity contribution in [1.82, 2.24) is 9.13 Å². The standard InChI is InChI=1S/C16H18ClN3O2/c1-18-14(9-15(21)19(2)16(18)22)20-7-6-12(10-20)11-4-3-5-13(17)8-11/h3-5,8-9,12H,6-7,10H2,1-2H3. The summed E-state index contributed by atoms with van der Waals surface area (Å²) in [6, 6.07) is 9.40. The molecule has 1 aromatic heterocycles. The molecule has 1 saturated heterocycles. The van der Waals surface area contributed by atoms with Gasteiger partial charge in [0.1, 0.15) is 5.82 Å². The molecular weight excluding hydrogens is 302 g/mol. The molecule has 1 aliphatic rings. The maximum Gasteiger partial charge on any atom is 0.332 e. The molecule has 2 heterocycles. The van der Waals surface area contributed by atoms with Gasteiger partial charge in [0.15, 0.2) is 0 Å². The molecule has 1 aliphatic heterocycles. The van der Waals surface area contributed by atoms with E-state index in [1.165, 1.54) is 23.2 Å². The van der Waals surface area contributed by atoms with Crippen LogP contribution in [0.25, 0.3) is 0 Å². The lowest BCUT2D eigenvalue weighted by molar-refractivity contribution is 0.671. The highest BCUT2D eigenvalue weighted by molar-refractivity contribution is 6.30. The number of anilines is 1. The normalized spacial score (nSPS) is 18.0. The highest BCUT2D eigenvalue weighted by Gasteiger charge is 2.26. The number of hydrogen-bond acceptors (Lipinski definition) is 3. The number of nitrogens with zero attached hydrogens (tertiary/aromatic N) is 3. The molecule has 1 unspecified atom stereocenters. The van der Waals surface area contributed by atoms with Crippen molar-refractivity contribution in [2.24, 2.45) is 14.1 Å². The summed E-state index contributed by atoms with van der Waals surface area (Å²) in [5, 5.41) is 0.733. The molecule has 0 N–H and O–H groups in total. The Kier molecular flexibility index (Phi) is 3.83. The molecule has 0 spiro atoms. The van der Waals surface area contributed by atoms with Gasteiger partial charge in [-0.05, 0) is 24.1 Å². The number of rotatable bonds is 2. The number of halogens is 1. The van der Waals surface area contributed by atoms with Gasteiger partial charge >= 0.3 is 5.69 Å². The van der Waals surface area contributed by atoms with E-state index in [1.807, 2.05) is 18.2 Å². The molecule has 1 aromatic carbocycles. The first-order valence-corrected chi connectivity index (χ1v) is 7.62. The molecule has 1 fully saturated rings. The zero-order chi connectivity index (χ0) is 15.9. The first-order valence-electron chi connectivity index (χ1n) is 7.25. The molecule has 0 aliphatic carbocycles. The molecule has 116 valence electrons. The summed E-state index contributed by atoms with van der Waals surface area (Å²) < 4.78 is 2.65. The molecule has 6 heteroatoms. The minimum atomic E-state index is -0.297. The van der Waals surface area contributed by atoms with Gasteiger partial charge in [-0.25, -0.2) is 4.79 Å². The van der Waals surface area contributed by atoms with Gasteiger partial charge in [0.05, 0.1) is 0 Å². The average Bonchev–Trinajstić information content (AvgIpc) is 2.98. The quantitative estimate of drug-likeness (QED) is 0.847. The fourth-order valence-corrected chi connectivity index (χ4v) is 3.22. The Bertz CT molecular complexity index is 825. The molecular formula is C16H18ClN3O2. The van der Waals surface area contributed by atoms with E-state index in [1.54, 1.807) is 7.05 Å². The lowest BCUT2D eigenvalue weighted by Gasteiger charge is -2.21. The van der Waals surface area contributed by atoms with Crippen molar-refractivity contribution in [3.8, 4) is 0 Å². The summed E-state index contributed by atoms with van der Waals surface area (Å²) in [6.07, 6.45) is 0.976. The van der Waals surface area contributed by atoms with E-state index in [-0.39, 0.29) is 11.2 Å². The third-order valence-corrected chi connectivity index (χ3v) is 4.57. The van der Waals surface area contributed by atoms with Crippen molar-refractivity contribution >= 4 is 17.4 Å². The van der Waals surface area contributed by atoms with Crippen molar-refractivity contribution in [2.45, 2.75) is 12.3 Å². The van der Waals surface area contributed by atoms with E-state index in [0.29, 0.717) is 11.7 Å². The summed E-state index contributed by atoms with van der Waals surface area (Å²) in [4.78, 5) is 26.0. The monoisotopic (exact) mass is 319 g/mol. The summed E-state index contributed by atoms with van der Waals surface area (Å²) in [5.74, 6) is 1.04. The second-order valence-corrected chi connectivity index (χ2v) is 6.16. The second kappa shape index (κ2) is 5.65. The van der Waals surface area contributed by atoms with E-state index in [2.05, 4.69) is 11.0 Å². The van der Waals surface area contributed by atoms with Gasteiger partial charge in [0, 0.05) is 44.2 Å². The third-order valence-electron chi connectivity index (χ3n) is 4.33. The predicted molar refractivity (Wildman–Crippen MR) is 87.9 cm³/mol. The summed E-state index contributed by atoms with van der Waals surface area (Å²) in [6.45, 7) is 1.60. The van der Waals surface area contributed by atoms with Crippen molar-refractivity contribution in [3.63, 3.8) is 0 Å². The van der Waals surface area contributed by atoms with Gasteiger partial charge in [-0.15, -0.1) is 0 Å². The lowest BCUT2D eigenvalue weighted by Crippen LogP contribution is -2.39. The van der Waals surface area contributed by atoms with Crippen LogP contribution in [0.1, 0.15) is 17.9 Å². The average molecular weight is 320 g/mol. The molecule has 0 amide bonds. The molecule has 22 heavy (non-hydrogen) atoms. The zero-order valence-electron chi connectivity index (χ0n) is 12.6. The van der Waals surface area contributed by atoms with Crippen LogP contribution >= 0.6 is 11.6 Å². The first kappa shape index (κ1) is 14.9. The number of benzene rings is 1. The van der Waals surface area contributed by atoms with Crippen molar-refractivity contribution in [2.75, 3.05) is 18.0 Å².